The minimum absolute atomic E-state index is 0.165. The molecule has 1 aromatic rings. The maximum Gasteiger partial charge on any atom is 0.318 e. The lowest BCUT2D eigenvalue weighted by atomic mass is 10.1. The largest absolute Gasteiger partial charge is 0.329 e. The second-order valence-corrected chi connectivity index (χ2v) is 3.90. The van der Waals surface area contributed by atoms with Crippen molar-refractivity contribution in [3.63, 3.8) is 0 Å². The smallest absolute Gasteiger partial charge is 0.318 e. The monoisotopic (exact) mass is 241 g/mol. The number of nitrogens with two attached hydrogens (primary N) is 1. The molecule has 0 aromatic heterocycles. The van der Waals surface area contributed by atoms with E-state index in [2.05, 4.69) is 5.32 Å². The van der Waals surface area contributed by atoms with Crippen molar-refractivity contribution in [1.29, 1.82) is 0 Å². The van der Waals surface area contributed by atoms with Crippen LogP contribution >= 0.6 is 0 Å². The Labute approximate surface area is 97.4 Å². The van der Waals surface area contributed by atoms with Gasteiger partial charge in [0.2, 0.25) is 0 Å². The molecule has 92 valence electrons. The molecule has 2 rings (SSSR count). The van der Waals surface area contributed by atoms with Crippen LogP contribution in [-0.2, 0) is 0 Å². The van der Waals surface area contributed by atoms with E-state index in [0.717, 1.165) is 18.2 Å². The van der Waals surface area contributed by atoms with Gasteiger partial charge in [0.25, 0.3) is 0 Å². The summed E-state index contributed by atoms with van der Waals surface area (Å²) in [4.78, 5) is 13.0. The van der Waals surface area contributed by atoms with Crippen LogP contribution in [0.4, 0.5) is 13.6 Å². The Morgan fingerprint density at radius 2 is 2.24 bits per heavy atom. The van der Waals surface area contributed by atoms with Gasteiger partial charge in [-0.05, 0) is 18.2 Å². The van der Waals surface area contributed by atoms with Gasteiger partial charge in [-0.15, -0.1) is 0 Å². The van der Waals surface area contributed by atoms with Crippen molar-refractivity contribution in [3.05, 3.63) is 35.4 Å². The molecule has 0 saturated carbocycles. The molecule has 1 atom stereocenters. The van der Waals surface area contributed by atoms with E-state index >= 15 is 0 Å². The fourth-order valence-corrected chi connectivity index (χ4v) is 1.90. The molecule has 6 heteroatoms. The average Bonchev–Trinajstić information content (AvgIpc) is 2.64. The van der Waals surface area contributed by atoms with Crippen LogP contribution in [0.1, 0.15) is 11.6 Å². The highest BCUT2D eigenvalue weighted by atomic mass is 19.1. The zero-order chi connectivity index (χ0) is 12.4. The Bertz CT molecular complexity index is 439. The van der Waals surface area contributed by atoms with Crippen LogP contribution in [0.2, 0.25) is 0 Å². The molecule has 0 spiro atoms. The summed E-state index contributed by atoms with van der Waals surface area (Å²) in [6.07, 6.45) is 0. The van der Waals surface area contributed by atoms with Gasteiger partial charge >= 0.3 is 6.03 Å². The number of benzene rings is 1. The summed E-state index contributed by atoms with van der Waals surface area (Å²) >= 11 is 0. The Balaban J connectivity index is 2.19. The van der Waals surface area contributed by atoms with Crippen LogP contribution in [0.25, 0.3) is 0 Å². The molecule has 1 heterocycles. The predicted octanol–water partition coefficient (Wildman–Crippen LogP) is 0.990. The molecule has 2 amide bonds. The van der Waals surface area contributed by atoms with E-state index < -0.39 is 17.7 Å². The molecular formula is C11H13F2N3O. The summed E-state index contributed by atoms with van der Waals surface area (Å²) in [5.41, 5.74) is 5.52. The van der Waals surface area contributed by atoms with Crippen molar-refractivity contribution in [1.82, 2.24) is 10.2 Å². The van der Waals surface area contributed by atoms with Gasteiger partial charge in [-0.2, -0.15) is 0 Å². The topological polar surface area (TPSA) is 58.4 Å². The SMILES string of the molecule is NCCN1CC(c2cc(F)ccc2F)NC1=O. The highest BCUT2D eigenvalue weighted by Gasteiger charge is 2.30. The molecule has 1 unspecified atom stereocenters. The third-order valence-electron chi connectivity index (χ3n) is 2.72. The Morgan fingerprint density at radius 3 is 2.94 bits per heavy atom. The number of nitrogens with one attached hydrogen (secondary N) is 1. The van der Waals surface area contributed by atoms with E-state index in [1.807, 2.05) is 0 Å². The van der Waals surface area contributed by atoms with Gasteiger partial charge in [0.05, 0.1) is 6.04 Å². The first kappa shape index (κ1) is 11.8. The zero-order valence-corrected chi connectivity index (χ0v) is 9.12. The van der Waals surface area contributed by atoms with E-state index in [9.17, 15) is 13.6 Å². The van der Waals surface area contributed by atoms with E-state index in [0.29, 0.717) is 19.6 Å². The lowest BCUT2D eigenvalue weighted by Crippen LogP contribution is -2.32. The number of halogens is 2. The molecule has 1 aromatic carbocycles. The van der Waals surface area contributed by atoms with Crippen molar-refractivity contribution >= 4 is 6.03 Å². The zero-order valence-electron chi connectivity index (χ0n) is 9.12. The van der Waals surface area contributed by atoms with E-state index in [-0.39, 0.29) is 11.6 Å². The third-order valence-corrected chi connectivity index (χ3v) is 2.72. The molecular weight excluding hydrogens is 228 g/mol. The van der Waals surface area contributed by atoms with Crippen LogP contribution in [-0.4, -0.2) is 30.6 Å². The summed E-state index contributed by atoms with van der Waals surface area (Å²) in [5, 5.41) is 2.60. The number of carbonyl (C=O) groups is 1. The second-order valence-electron chi connectivity index (χ2n) is 3.90. The molecule has 0 bridgehead atoms. The van der Waals surface area contributed by atoms with E-state index in [1.165, 1.54) is 4.90 Å². The van der Waals surface area contributed by atoms with E-state index in [1.54, 1.807) is 0 Å². The molecule has 0 radical (unpaired) electrons. The number of urea groups is 1. The fourth-order valence-electron chi connectivity index (χ4n) is 1.90. The molecule has 0 aliphatic carbocycles. The number of hydrogen-bond donors (Lipinski definition) is 2. The number of carbonyl (C=O) groups excluding carboxylic acids is 1. The van der Waals surface area contributed by atoms with Crippen LogP contribution in [0.5, 0.6) is 0 Å². The molecule has 17 heavy (non-hydrogen) atoms. The Hall–Kier alpha value is -1.69. The van der Waals surface area contributed by atoms with Crippen molar-refractivity contribution < 1.29 is 13.6 Å². The first-order valence-electron chi connectivity index (χ1n) is 5.32. The third kappa shape index (κ3) is 2.36. The van der Waals surface area contributed by atoms with Gasteiger partial charge in [0.15, 0.2) is 0 Å². The highest BCUT2D eigenvalue weighted by molar-refractivity contribution is 5.77. The highest BCUT2D eigenvalue weighted by Crippen LogP contribution is 2.23. The summed E-state index contributed by atoms with van der Waals surface area (Å²) in [7, 11) is 0. The Morgan fingerprint density at radius 1 is 1.47 bits per heavy atom. The number of rotatable bonds is 3. The maximum atomic E-state index is 13.5. The van der Waals surface area contributed by atoms with Crippen LogP contribution in [0.15, 0.2) is 18.2 Å². The minimum atomic E-state index is -0.523. The standard InChI is InChI=1S/C11H13F2N3O/c12-7-1-2-9(13)8(5-7)10-6-16(4-3-14)11(17)15-10/h1-2,5,10H,3-4,6,14H2,(H,15,17). The molecule has 1 aliphatic heterocycles. The van der Waals surface area contributed by atoms with Crippen molar-refractivity contribution in [2.75, 3.05) is 19.6 Å². The summed E-state index contributed by atoms with van der Waals surface area (Å²) in [5.74, 6) is -1.04. The number of amides is 2. The first-order chi connectivity index (χ1) is 8.11. The molecule has 1 saturated heterocycles. The number of nitrogens with zero attached hydrogens (tertiary/aromatic N) is 1. The van der Waals surface area contributed by atoms with Crippen LogP contribution < -0.4 is 11.1 Å². The van der Waals surface area contributed by atoms with Crippen molar-refractivity contribution in [2.24, 2.45) is 5.73 Å². The van der Waals surface area contributed by atoms with Crippen molar-refractivity contribution in [2.45, 2.75) is 6.04 Å². The maximum absolute atomic E-state index is 13.5. The van der Waals surface area contributed by atoms with Gasteiger partial charge in [0, 0.05) is 25.2 Å². The van der Waals surface area contributed by atoms with Crippen LogP contribution in [0, 0.1) is 11.6 Å². The predicted molar refractivity (Wildman–Crippen MR) is 58.3 cm³/mol. The summed E-state index contributed by atoms with van der Waals surface area (Å²) in [6, 6.07) is 2.39. The van der Waals surface area contributed by atoms with Gasteiger partial charge in [0.1, 0.15) is 11.6 Å². The van der Waals surface area contributed by atoms with Gasteiger partial charge in [-0.3, -0.25) is 0 Å². The average molecular weight is 241 g/mol. The number of hydrogen-bond acceptors (Lipinski definition) is 2. The van der Waals surface area contributed by atoms with Crippen LogP contribution in [0.3, 0.4) is 0 Å². The molecule has 1 aliphatic rings. The lowest BCUT2D eigenvalue weighted by molar-refractivity contribution is 0.218. The summed E-state index contributed by atoms with van der Waals surface area (Å²) in [6.45, 7) is 1.04. The molecule has 4 nitrogen and oxygen atoms in total. The minimum Gasteiger partial charge on any atom is -0.329 e. The normalized spacial score (nSPS) is 19.6. The lowest BCUT2D eigenvalue weighted by Gasteiger charge is -2.13. The first-order valence-corrected chi connectivity index (χ1v) is 5.32. The van der Waals surface area contributed by atoms with Gasteiger partial charge in [-0.25, -0.2) is 13.6 Å². The van der Waals surface area contributed by atoms with Crippen molar-refractivity contribution in [3.8, 4) is 0 Å². The molecule has 1 fully saturated rings. The Kier molecular flexibility index (Phi) is 3.23. The fraction of sp³-hybridized carbons (Fsp3) is 0.364. The van der Waals surface area contributed by atoms with E-state index in [4.69, 9.17) is 5.73 Å². The molecule has 3 N–H and O–H groups in total. The van der Waals surface area contributed by atoms with Gasteiger partial charge in [-0.1, -0.05) is 0 Å². The van der Waals surface area contributed by atoms with Gasteiger partial charge < -0.3 is 16.0 Å². The second kappa shape index (κ2) is 4.67. The quantitative estimate of drug-likeness (QED) is 0.829. The summed E-state index contributed by atoms with van der Waals surface area (Å²) < 4.78 is 26.5.